The Hall–Kier alpha value is -1.13. The van der Waals surface area contributed by atoms with Crippen molar-refractivity contribution in [3.63, 3.8) is 0 Å². The fourth-order valence-corrected chi connectivity index (χ4v) is 2.99. The predicted octanol–water partition coefficient (Wildman–Crippen LogP) is 2.11. The van der Waals surface area contributed by atoms with Crippen molar-refractivity contribution in [3.05, 3.63) is 24.3 Å². The van der Waals surface area contributed by atoms with Crippen molar-refractivity contribution in [1.29, 1.82) is 0 Å². The van der Waals surface area contributed by atoms with Crippen LogP contribution < -0.4 is 0 Å². The number of carbonyl (C=O) groups is 1. The van der Waals surface area contributed by atoms with Gasteiger partial charge < -0.3 is 14.9 Å². The third kappa shape index (κ3) is 3.93. The lowest BCUT2D eigenvalue weighted by Crippen LogP contribution is -2.39. The van der Waals surface area contributed by atoms with Crippen molar-refractivity contribution in [2.45, 2.75) is 63.3 Å². The van der Waals surface area contributed by atoms with Crippen molar-refractivity contribution in [2.24, 2.45) is 5.92 Å². The van der Waals surface area contributed by atoms with Crippen LogP contribution in [0.5, 0.6) is 0 Å². The van der Waals surface area contributed by atoms with E-state index in [0.29, 0.717) is 18.8 Å². The smallest absolute Gasteiger partial charge is 0.331 e. The Balaban J connectivity index is 1.76. The number of ether oxygens (including phenoxy) is 1. The maximum absolute atomic E-state index is 11.1. The van der Waals surface area contributed by atoms with Gasteiger partial charge in [-0.15, -0.1) is 0 Å². The molecule has 0 bridgehead atoms. The molecule has 0 aromatic heterocycles. The summed E-state index contributed by atoms with van der Waals surface area (Å²) in [7, 11) is 0. The number of unbranched alkanes of at least 4 members (excludes halogenated alkanes) is 1. The zero-order valence-electron chi connectivity index (χ0n) is 12.0. The Morgan fingerprint density at radius 2 is 2.40 bits per heavy atom. The van der Waals surface area contributed by atoms with Crippen LogP contribution in [0.3, 0.4) is 0 Å². The third-order valence-corrected chi connectivity index (χ3v) is 4.14. The first-order valence-corrected chi connectivity index (χ1v) is 7.45. The average molecular weight is 280 g/mol. The van der Waals surface area contributed by atoms with Gasteiger partial charge in [0.1, 0.15) is 11.7 Å². The zero-order chi connectivity index (χ0) is 14.6. The number of aliphatic hydroxyl groups excluding tert-OH is 1. The van der Waals surface area contributed by atoms with Crippen molar-refractivity contribution < 1.29 is 19.7 Å². The van der Waals surface area contributed by atoms with E-state index in [2.05, 4.69) is 12.2 Å². The molecule has 0 aromatic carbocycles. The highest BCUT2D eigenvalue weighted by molar-refractivity contribution is 5.84. The highest BCUT2D eigenvalue weighted by Crippen LogP contribution is 2.40. The fourth-order valence-electron chi connectivity index (χ4n) is 2.99. The van der Waals surface area contributed by atoms with Crippen molar-refractivity contribution in [2.75, 3.05) is 0 Å². The van der Waals surface area contributed by atoms with Gasteiger partial charge in [0.2, 0.25) is 0 Å². The van der Waals surface area contributed by atoms with Gasteiger partial charge in [0.15, 0.2) is 0 Å². The molecule has 2 N–H and O–H groups in total. The lowest BCUT2D eigenvalue weighted by molar-refractivity contribution is -0.149. The molecule has 0 radical (unpaired) electrons. The molecule has 112 valence electrons. The van der Waals surface area contributed by atoms with Gasteiger partial charge in [-0.1, -0.05) is 12.2 Å². The first-order valence-electron chi connectivity index (χ1n) is 7.45. The van der Waals surface area contributed by atoms with E-state index in [9.17, 15) is 9.90 Å². The Morgan fingerprint density at radius 3 is 3.05 bits per heavy atom. The molecule has 1 fully saturated rings. The van der Waals surface area contributed by atoms with Crippen molar-refractivity contribution >= 4 is 5.97 Å². The molecule has 0 amide bonds. The molecule has 1 saturated carbocycles. The number of hydrogen-bond acceptors (Lipinski definition) is 4. The van der Waals surface area contributed by atoms with Gasteiger partial charge >= 0.3 is 5.97 Å². The number of carbonyl (C=O) groups excluding carboxylic acids is 1. The van der Waals surface area contributed by atoms with Gasteiger partial charge in [0, 0.05) is 6.08 Å². The van der Waals surface area contributed by atoms with Gasteiger partial charge in [-0.3, -0.25) is 0 Å². The van der Waals surface area contributed by atoms with Crippen LogP contribution in [0.4, 0.5) is 0 Å². The van der Waals surface area contributed by atoms with E-state index in [0.717, 1.165) is 25.7 Å². The summed E-state index contributed by atoms with van der Waals surface area (Å²) in [6, 6.07) is 0. The molecule has 2 aliphatic rings. The molecule has 0 aromatic rings. The summed E-state index contributed by atoms with van der Waals surface area (Å²) in [5.74, 6) is -0.0141. The zero-order valence-corrected chi connectivity index (χ0v) is 12.0. The molecular formula is C16H24O4. The lowest BCUT2D eigenvalue weighted by atomic mass is 9.93. The van der Waals surface area contributed by atoms with E-state index < -0.39 is 11.7 Å². The second kappa shape index (κ2) is 6.55. The van der Waals surface area contributed by atoms with Crippen molar-refractivity contribution in [1.82, 2.24) is 0 Å². The minimum absolute atomic E-state index is 0.233. The summed E-state index contributed by atoms with van der Waals surface area (Å²) >= 11 is 0. The molecule has 20 heavy (non-hydrogen) atoms. The highest BCUT2D eigenvalue weighted by atomic mass is 16.6. The Kier molecular flexibility index (Phi) is 5.00. The van der Waals surface area contributed by atoms with Gasteiger partial charge in [-0.2, -0.15) is 0 Å². The summed E-state index contributed by atoms with van der Waals surface area (Å²) in [6.07, 6.45) is 11.6. The van der Waals surface area contributed by atoms with Crippen LogP contribution in [0.15, 0.2) is 24.3 Å². The van der Waals surface area contributed by atoms with Crippen LogP contribution in [0.1, 0.15) is 45.4 Å². The maximum Gasteiger partial charge on any atom is 0.331 e. The number of hydrogen-bond donors (Lipinski definition) is 2. The molecule has 0 saturated heterocycles. The summed E-state index contributed by atoms with van der Waals surface area (Å²) in [4.78, 5) is 11.1. The number of aliphatic hydroxyl groups is 2. The first-order chi connectivity index (χ1) is 9.49. The Bertz CT molecular complexity index is 399. The predicted molar refractivity (Wildman–Crippen MR) is 76.0 cm³/mol. The van der Waals surface area contributed by atoms with E-state index in [1.807, 2.05) is 0 Å². The van der Waals surface area contributed by atoms with Crippen LogP contribution in [-0.2, 0) is 9.53 Å². The number of esters is 1. The summed E-state index contributed by atoms with van der Waals surface area (Å²) in [6.45, 7) is 1.80. The second-order valence-corrected chi connectivity index (χ2v) is 6.03. The van der Waals surface area contributed by atoms with Crippen LogP contribution in [0.2, 0.25) is 0 Å². The highest BCUT2D eigenvalue weighted by Gasteiger charge is 2.45. The number of cyclic esters (lactones) is 1. The van der Waals surface area contributed by atoms with Crippen LogP contribution in [-0.4, -0.2) is 34.0 Å². The van der Waals surface area contributed by atoms with E-state index >= 15 is 0 Å². The van der Waals surface area contributed by atoms with E-state index in [1.54, 1.807) is 13.0 Å². The Morgan fingerprint density at radius 1 is 1.60 bits per heavy atom. The second-order valence-electron chi connectivity index (χ2n) is 6.03. The lowest BCUT2D eigenvalue weighted by Gasteiger charge is -2.27. The molecule has 1 heterocycles. The first kappa shape index (κ1) is 15.3. The molecule has 1 aliphatic heterocycles. The van der Waals surface area contributed by atoms with Gasteiger partial charge in [-0.25, -0.2) is 4.79 Å². The minimum atomic E-state index is -0.905. The maximum atomic E-state index is 11.1. The van der Waals surface area contributed by atoms with Crippen LogP contribution in [0.25, 0.3) is 0 Å². The van der Waals surface area contributed by atoms with Crippen LogP contribution >= 0.6 is 0 Å². The summed E-state index contributed by atoms with van der Waals surface area (Å²) in [5, 5.41) is 19.7. The number of allylic oxidation sites excluding steroid dienone is 2. The standard InChI is InChI=1S/C16H24O4/c1-12(17)5-3-2-4-6-13-9-10-16(19,11-13)14-7-8-15(18)20-14/h4,6-8,12-14,17,19H,2-3,5,9-11H2,1H3. The molecule has 4 heteroatoms. The third-order valence-electron chi connectivity index (χ3n) is 4.14. The molecule has 4 atom stereocenters. The monoisotopic (exact) mass is 280 g/mol. The summed E-state index contributed by atoms with van der Waals surface area (Å²) in [5.41, 5.74) is -0.905. The van der Waals surface area contributed by atoms with E-state index in [4.69, 9.17) is 9.84 Å². The normalized spacial score (nSPS) is 34.9. The molecule has 0 spiro atoms. The van der Waals surface area contributed by atoms with E-state index in [1.165, 1.54) is 6.08 Å². The molecule has 4 unspecified atom stereocenters. The van der Waals surface area contributed by atoms with Gasteiger partial charge in [0.05, 0.1) is 6.10 Å². The average Bonchev–Trinajstić information content (AvgIpc) is 2.96. The minimum Gasteiger partial charge on any atom is -0.452 e. The number of rotatable bonds is 6. The topological polar surface area (TPSA) is 66.8 Å². The van der Waals surface area contributed by atoms with Crippen LogP contribution in [0, 0.1) is 5.92 Å². The molecule has 1 aliphatic carbocycles. The summed E-state index contributed by atoms with van der Waals surface area (Å²) < 4.78 is 5.11. The molecule has 4 nitrogen and oxygen atoms in total. The SMILES string of the molecule is CC(O)CCCC=CC1CCC(O)(C2C=CC(=O)O2)C1. The fraction of sp³-hybridized carbons (Fsp3) is 0.688. The quantitative estimate of drug-likeness (QED) is 0.444. The van der Waals surface area contributed by atoms with Crippen molar-refractivity contribution in [3.8, 4) is 0 Å². The molecule has 2 rings (SSSR count). The van der Waals surface area contributed by atoms with Gasteiger partial charge in [0.25, 0.3) is 0 Å². The Labute approximate surface area is 120 Å². The molecular weight excluding hydrogens is 256 g/mol. The van der Waals surface area contributed by atoms with E-state index in [-0.39, 0.29) is 12.1 Å². The van der Waals surface area contributed by atoms with Gasteiger partial charge in [-0.05, 0) is 57.4 Å². The largest absolute Gasteiger partial charge is 0.452 e.